The number of unbranched alkanes of at least 4 members (excludes halogenated alkanes) is 3. The van der Waals surface area contributed by atoms with Gasteiger partial charge in [-0.05, 0) is 37.1 Å². The molecule has 0 heterocycles. The fourth-order valence-corrected chi connectivity index (χ4v) is 3.27. The molecule has 0 unspecified atom stereocenters. The monoisotopic (exact) mass is 286 g/mol. The van der Waals surface area contributed by atoms with E-state index < -0.39 is 0 Å². The molecule has 0 radical (unpaired) electrons. The Labute approximate surface area is 126 Å². The van der Waals surface area contributed by atoms with Crippen LogP contribution in [0.2, 0.25) is 0 Å². The van der Waals surface area contributed by atoms with Crippen molar-refractivity contribution in [3.8, 4) is 5.75 Å². The molecule has 0 saturated heterocycles. The number of phenolic OH excluding ortho intramolecular Hbond substituents is 1. The van der Waals surface area contributed by atoms with Gasteiger partial charge in [0.2, 0.25) is 0 Å². The molecule has 0 aliphatic carbocycles. The van der Waals surface area contributed by atoms with E-state index in [4.69, 9.17) is 0 Å². The highest BCUT2D eigenvalue weighted by Gasteiger charge is 2.08. The highest BCUT2D eigenvalue weighted by molar-refractivity contribution is 7.99. The minimum Gasteiger partial charge on any atom is -0.508 e. The molecule has 0 atom stereocenters. The van der Waals surface area contributed by atoms with Crippen LogP contribution in [0.25, 0.3) is 0 Å². The number of aromatic hydroxyl groups is 1. The Morgan fingerprint density at radius 1 is 0.900 bits per heavy atom. The van der Waals surface area contributed by atoms with E-state index in [1.807, 2.05) is 24.3 Å². The number of hydrogen-bond acceptors (Lipinski definition) is 2. The lowest BCUT2D eigenvalue weighted by Gasteiger charge is -2.11. The summed E-state index contributed by atoms with van der Waals surface area (Å²) in [6.45, 7) is 2.22. The van der Waals surface area contributed by atoms with Crippen LogP contribution in [0, 0.1) is 0 Å². The second kappa shape index (κ2) is 8.01. The lowest BCUT2D eigenvalue weighted by molar-refractivity contribution is 0.463. The van der Waals surface area contributed by atoms with Crippen molar-refractivity contribution < 1.29 is 5.11 Å². The maximum Gasteiger partial charge on any atom is 0.119 e. The van der Waals surface area contributed by atoms with Crippen LogP contribution >= 0.6 is 11.8 Å². The summed E-state index contributed by atoms with van der Waals surface area (Å²) in [5, 5.41) is 10.1. The quantitative estimate of drug-likeness (QED) is 0.662. The first-order chi connectivity index (χ1) is 9.81. The summed E-state index contributed by atoms with van der Waals surface area (Å²) in [6.07, 6.45) is 5.86. The molecule has 0 bridgehead atoms. The predicted molar refractivity (Wildman–Crippen MR) is 86.5 cm³/mol. The van der Waals surface area contributed by atoms with E-state index in [2.05, 4.69) is 25.1 Å². The van der Waals surface area contributed by atoms with Crippen LogP contribution in [0.3, 0.4) is 0 Å². The van der Waals surface area contributed by atoms with Crippen LogP contribution in [-0.2, 0) is 6.42 Å². The van der Waals surface area contributed by atoms with E-state index in [9.17, 15) is 5.11 Å². The zero-order valence-electron chi connectivity index (χ0n) is 12.0. The molecule has 106 valence electrons. The van der Waals surface area contributed by atoms with Crippen LogP contribution in [0.4, 0.5) is 0 Å². The third-order valence-electron chi connectivity index (χ3n) is 3.36. The second-order valence-electron chi connectivity index (χ2n) is 4.98. The first kappa shape index (κ1) is 15.0. The van der Waals surface area contributed by atoms with Gasteiger partial charge in [0.05, 0.1) is 0 Å². The Morgan fingerprint density at radius 3 is 2.45 bits per heavy atom. The van der Waals surface area contributed by atoms with Crippen molar-refractivity contribution >= 4 is 11.8 Å². The van der Waals surface area contributed by atoms with Crippen molar-refractivity contribution in [1.82, 2.24) is 0 Å². The third kappa shape index (κ3) is 4.31. The number of hydrogen-bond donors (Lipinski definition) is 1. The molecule has 0 aliphatic heterocycles. The summed E-state index contributed by atoms with van der Waals surface area (Å²) in [5.74, 6) is 0.433. The Morgan fingerprint density at radius 2 is 1.70 bits per heavy atom. The summed E-state index contributed by atoms with van der Waals surface area (Å²) in [7, 11) is 0. The first-order valence-electron chi connectivity index (χ1n) is 7.35. The Bertz CT molecular complexity index is 522. The number of rotatable bonds is 7. The molecule has 0 aliphatic rings. The van der Waals surface area contributed by atoms with Gasteiger partial charge in [-0.1, -0.05) is 62.2 Å². The van der Waals surface area contributed by atoms with Crippen molar-refractivity contribution in [3.05, 3.63) is 54.1 Å². The molecule has 0 spiro atoms. The molecule has 0 saturated carbocycles. The lowest BCUT2D eigenvalue weighted by Crippen LogP contribution is -1.90. The molecule has 2 aromatic rings. The molecule has 0 fully saturated rings. The fourth-order valence-electron chi connectivity index (χ4n) is 2.25. The SMILES string of the molecule is CCCCCCc1c(O)cccc1Sc1ccccc1. The van der Waals surface area contributed by atoms with Crippen LogP contribution in [0.1, 0.15) is 38.2 Å². The van der Waals surface area contributed by atoms with Gasteiger partial charge in [0.1, 0.15) is 5.75 Å². The Hall–Kier alpha value is -1.41. The molecular formula is C18H22OS. The highest BCUT2D eigenvalue weighted by Crippen LogP contribution is 2.35. The van der Waals surface area contributed by atoms with Gasteiger partial charge >= 0.3 is 0 Å². The van der Waals surface area contributed by atoms with Gasteiger partial charge in [-0.3, -0.25) is 0 Å². The first-order valence-corrected chi connectivity index (χ1v) is 8.16. The topological polar surface area (TPSA) is 20.2 Å². The molecule has 2 rings (SSSR count). The second-order valence-corrected chi connectivity index (χ2v) is 6.09. The van der Waals surface area contributed by atoms with E-state index in [-0.39, 0.29) is 0 Å². The zero-order chi connectivity index (χ0) is 14.2. The Kier molecular flexibility index (Phi) is 6.00. The van der Waals surface area contributed by atoms with Gasteiger partial charge in [0, 0.05) is 15.4 Å². The van der Waals surface area contributed by atoms with Gasteiger partial charge in [-0.25, -0.2) is 0 Å². The zero-order valence-corrected chi connectivity index (χ0v) is 12.8. The van der Waals surface area contributed by atoms with Crippen LogP contribution < -0.4 is 0 Å². The summed E-state index contributed by atoms with van der Waals surface area (Å²) in [5.41, 5.74) is 1.09. The van der Waals surface area contributed by atoms with E-state index in [0.717, 1.165) is 18.4 Å². The van der Waals surface area contributed by atoms with Crippen molar-refractivity contribution in [2.24, 2.45) is 0 Å². The van der Waals surface area contributed by atoms with Crippen molar-refractivity contribution in [1.29, 1.82) is 0 Å². The smallest absolute Gasteiger partial charge is 0.119 e. The molecular weight excluding hydrogens is 264 g/mol. The summed E-state index contributed by atoms with van der Waals surface area (Å²) < 4.78 is 0. The normalized spacial score (nSPS) is 10.7. The van der Waals surface area contributed by atoms with Crippen molar-refractivity contribution in [2.75, 3.05) is 0 Å². The Balaban J connectivity index is 2.09. The predicted octanol–water partition coefficient (Wildman–Crippen LogP) is 5.67. The molecule has 0 aromatic heterocycles. The summed E-state index contributed by atoms with van der Waals surface area (Å²) >= 11 is 1.73. The van der Waals surface area contributed by atoms with Crippen LogP contribution in [0.15, 0.2) is 58.3 Å². The van der Waals surface area contributed by atoms with E-state index in [0.29, 0.717) is 5.75 Å². The van der Waals surface area contributed by atoms with Crippen molar-refractivity contribution in [3.63, 3.8) is 0 Å². The van der Waals surface area contributed by atoms with Gasteiger partial charge in [-0.2, -0.15) is 0 Å². The number of phenols is 1. The largest absolute Gasteiger partial charge is 0.508 e. The molecule has 20 heavy (non-hydrogen) atoms. The highest BCUT2D eigenvalue weighted by atomic mass is 32.2. The fraction of sp³-hybridized carbons (Fsp3) is 0.333. The van der Waals surface area contributed by atoms with Gasteiger partial charge in [-0.15, -0.1) is 0 Å². The average Bonchev–Trinajstić information content (AvgIpc) is 2.47. The minimum atomic E-state index is 0.433. The van der Waals surface area contributed by atoms with Gasteiger partial charge in [0.25, 0.3) is 0 Å². The molecule has 0 amide bonds. The van der Waals surface area contributed by atoms with E-state index in [1.54, 1.807) is 17.8 Å². The molecule has 1 nitrogen and oxygen atoms in total. The van der Waals surface area contributed by atoms with E-state index >= 15 is 0 Å². The maximum absolute atomic E-state index is 10.1. The van der Waals surface area contributed by atoms with Gasteiger partial charge in [0.15, 0.2) is 0 Å². The maximum atomic E-state index is 10.1. The van der Waals surface area contributed by atoms with Crippen LogP contribution in [-0.4, -0.2) is 5.11 Å². The summed E-state index contributed by atoms with van der Waals surface area (Å²) in [6, 6.07) is 16.2. The standard InChI is InChI=1S/C18H22OS/c1-2-3-4-8-12-16-17(19)13-9-14-18(16)20-15-10-6-5-7-11-15/h5-7,9-11,13-14,19H,2-4,8,12H2,1H3. The summed E-state index contributed by atoms with van der Waals surface area (Å²) in [4.78, 5) is 2.39. The van der Waals surface area contributed by atoms with Crippen LogP contribution in [0.5, 0.6) is 5.75 Å². The number of benzene rings is 2. The van der Waals surface area contributed by atoms with Gasteiger partial charge < -0.3 is 5.11 Å². The molecule has 2 aromatic carbocycles. The average molecular weight is 286 g/mol. The third-order valence-corrected chi connectivity index (χ3v) is 4.47. The van der Waals surface area contributed by atoms with E-state index in [1.165, 1.54) is 29.1 Å². The lowest BCUT2D eigenvalue weighted by atomic mass is 10.1. The minimum absolute atomic E-state index is 0.433. The molecule has 1 N–H and O–H groups in total. The van der Waals surface area contributed by atoms with Crippen molar-refractivity contribution in [2.45, 2.75) is 48.8 Å². The molecule has 2 heteroatoms.